The molecule has 0 saturated heterocycles. The molecule has 3 aromatic rings. The van der Waals surface area contributed by atoms with E-state index < -0.39 is 0 Å². The van der Waals surface area contributed by atoms with Crippen molar-refractivity contribution < 1.29 is 9.18 Å². The SMILES string of the molecule is CCN(C(=O)c1cc2cc(F)ccc2[nH]1)C1CCC[C@@](S)(NCc2ccc(C)cc2)C1. The van der Waals surface area contributed by atoms with Crippen molar-refractivity contribution in [1.82, 2.24) is 15.2 Å². The largest absolute Gasteiger partial charge is 0.351 e. The fourth-order valence-corrected chi connectivity index (χ4v) is 5.01. The van der Waals surface area contributed by atoms with Gasteiger partial charge in [0.05, 0.1) is 4.87 Å². The molecule has 1 fully saturated rings. The third-order valence-corrected chi connectivity index (χ3v) is 6.86. The van der Waals surface area contributed by atoms with E-state index in [0.717, 1.165) is 37.7 Å². The van der Waals surface area contributed by atoms with Crippen LogP contribution in [-0.2, 0) is 6.54 Å². The molecule has 0 aliphatic heterocycles. The van der Waals surface area contributed by atoms with Crippen LogP contribution < -0.4 is 5.32 Å². The zero-order valence-electron chi connectivity index (χ0n) is 18.1. The van der Waals surface area contributed by atoms with Crippen LogP contribution in [0.5, 0.6) is 0 Å². The number of benzene rings is 2. The van der Waals surface area contributed by atoms with Gasteiger partial charge in [-0.2, -0.15) is 12.6 Å². The summed E-state index contributed by atoms with van der Waals surface area (Å²) >= 11 is 5.00. The number of nitrogens with one attached hydrogen (secondary N) is 2. The van der Waals surface area contributed by atoms with E-state index in [2.05, 4.69) is 41.5 Å². The number of carbonyl (C=O) groups is 1. The average molecular weight is 440 g/mol. The van der Waals surface area contributed by atoms with Crippen molar-refractivity contribution in [3.8, 4) is 0 Å². The summed E-state index contributed by atoms with van der Waals surface area (Å²) in [5, 5.41) is 4.34. The number of aryl methyl sites for hydroxylation is 1. The van der Waals surface area contributed by atoms with E-state index in [1.807, 2.05) is 11.8 Å². The molecular formula is C25H30FN3OS. The summed E-state index contributed by atoms with van der Waals surface area (Å²) in [5.41, 5.74) is 3.76. The molecule has 1 unspecified atom stereocenters. The molecule has 164 valence electrons. The van der Waals surface area contributed by atoms with Gasteiger partial charge in [0, 0.05) is 30.0 Å². The molecule has 0 spiro atoms. The second-order valence-corrected chi connectivity index (χ2v) is 9.48. The highest BCUT2D eigenvalue weighted by Crippen LogP contribution is 2.35. The molecule has 1 aliphatic rings. The molecule has 2 aromatic carbocycles. The first-order valence-corrected chi connectivity index (χ1v) is 11.4. The third-order valence-electron chi connectivity index (χ3n) is 6.30. The molecule has 1 aliphatic carbocycles. The predicted molar refractivity (Wildman–Crippen MR) is 127 cm³/mol. The van der Waals surface area contributed by atoms with Crippen LogP contribution in [0, 0.1) is 12.7 Å². The number of rotatable bonds is 6. The molecule has 4 nitrogen and oxygen atoms in total. The van der Waals surface area contributed by atoms with Gasteiger partial charge in [0.25, 0.3) is 5.91 Å². The Morgan fingerprint density at radius 2 is 2.03 bits per heavy atom. The van der Waals surface area contributed by atoms with Crippen LogP contribution in [0.1, 0.15) is 54.2 Å². The van der Waals surface area contributed by atoms with Gasteiger partial charge in [0.1, 0.15) is 11.5 Å². The molecule has 0 bridgehead atoms. The lowest BCUT2D eigenvalue weighted by Crippen LogP contribution is -2.51. The zero-order valence-corrected chi connectivity index (χ0v) is 19.0. The minimum absolute atomic E-state index is 0.0415. The Morgan fingerprint density at radius 1 is 1.26 bits per heavy atom. The van der Waals surface area contributed by atoms with Crippen molar-refractivity contribution in [3.05, 3.63) is 71.2 Å². The fourth-order valence-electron chi connectivity index (χ4n) is 4.56. The van der Waals surface area contributed by atoms with E-state index in [1.165, 1.54) is 23.3 Å². The summed E-state index contributed by atoms with van der Waals surface area (Å²) < 4.78 is 13.5. The van der Waals surface area contributed by atoms with Crippen molar-refractivity contribution in [2.75, 3.05) is 6.54 Å². The second kappa shape index (κ2) is 9.05. The van der Waals surface area contributed by atoms with Gasteiger partial charge in [0.15, 0.2) is 0 Å². The molecule has 2 N–H and O–H groups in total. The Balaban J connectivity index is 1.46. The van der Waals surface area contributed by atoms with Gasteiger partial charge in [-0.25, -0.2) is 4.39 Å². The lowest BCUT2D eigenvalue weighted by atomic mass is 9.88. The smallest absolute Gasteiger partial charge is 0.270 e. The topological polar surface area (TPSA) is 48.1 Å². The number of hydrogen-bond donors (Lipinski definition) is 3. The first kappa shape index (κ1) is 21.9. The van der Waals surface area contributed by atoms with Crippen LogP contribution in [0.15, 0.2) is 48.5 Å². The Morgan fingerprint density at radius 3 is 2.77 bits per heavy atom. The van der Waals surface area contributed by atoms with Gasteiger partial charge >= 0.3 is 0 Å². The Bertz CT molecular complexity index is 1060. The number of H-pyrrole nitrogens is 1. The van der Waals surface area contributed by atoms with Gasteiger partial charge in [0.2, 0.25) is 0 Å². The summed E-state index contributed by atoms with van der Waals surface area (Å²) in [6, 6.07) is 14.9. The quantitative estimate of drug-likeness (QED) is 0.354. The van der Waals surface area contributed by atoms with Crippen LogP contribution >= 0.6 is 12.6 Å². The van der Waals surface area contributed by atoms with E-state index in [1.54, 1.807) is 12.1 Å². The van der Waals surface area contributed by atoms with E-state index >= 15 is 0 Å². The second-order valence-electron chi connectivity index (χ2n) is 8.63. The summed E-state index contributed by atoms with van der Waals surface area (Å²) in [5.74, 6) is -0.343. The minimum Gasteiger partial charge on any atom is -0.351 e. The molecule has 0 radical (unpaired) electrons. The molecule has 1 saturated carbocycles. The van der Waals surface area contributed by atoms with Crippen molar-refractivity contribution in [3.63, 3.8) is 0 Å². The summed E-state index contributed by atoms with van der Waals surface area (Å²) in [6.07, 6.45) is 3.73. The summed E-state index contributed by atoms with van der Waals surface area (Å²) in [6.45, 7) is 5.47. The first-order valence-electron chi connectivity index (χ1n) is 11.0. The normalized spacial score (nSPS) is 21.4. The molecule has 4 rings (SSSR count). The van der Waals surface area contributed by atoms with E-state index in [4.69, 9.17) is 12.6 Å². The highest BCUT2D eigenvalue weighted by Gasteiger charge is 2.37. The number of amides is 1. The maximum Gasteiger partial charge on any atom is 0.270 e. The van der Waals surface area contributed by atoms with Gasteiger partial charge in [-0.1, -0.05) is 29.8 Å². The van der Waals surface area contributed by atoms with Crippen LogP contribution in [0.4, 0.5) is 4.39 Å². The van der Waals surface area contributed by atoms with Crippen molar-refractivity contribution in [1.29, 1.82) is 0 Å². The van der Waals surface area contributed by atoms with Gasteiger partial charge in [-0.3, -0.25) is 10.1 Å². The minimum atomic E-state index is -0.314. The number of aromatic nitrogens is 1. The third kappa shape index (κ3) is 4.96. The molecule has 2 atom stereocenters. The Hall–Kier alpha value is -2.31. The van der Waals surface area contributed by atoms with Gasteiger partial charge < -0.3 is 9.88 Å². The van der Waals surface area contributed by atoms with Crippen LogP contribution in [0.2, 0.25) is 0 Å². The van der Waals surface area contributed by atoms with Crippen LogP contribution in [0.3, 0.4) is 0 Å². The van der Waals surface area contributed by atoms with Gasteiger partial charge in [-0.05, 0) is 69.4 Å². The van der Waals surface area contributed by atoms with Crippen LogP contribution in [0.25, 0.3) is 10.9 Å². The average Bonchev–Trinajstić information content (AvgIpc) is 3.17. The molecule has 6 heteroatoms. The maximum atomic E-state index is 13.5. The standard InChI is InChI=1S/C25H30FN3OS/c1-3-29(24(30)23-14-19-13-20(26)10-11-22(19)28-23)21-5-4-12-25(31,15-21)27-16-18-8-6-17(2)7-9-18/h6-11,13-14,21,27-28,31H,3-5,12,15-16H2,1-2H3/t21?,25-/m0/s1. The number of nitrogens with zero attached hydrogens (tertiary/aromatic N) is 1. The number of carbonyl (C=O) groups excluding carboxylic acids is 1. The molecule has 31 heavy (non-hydrogen) atoms. The molecule has 1 heterocycles. The van der Waals surface area contributed by atoms with E-state index in [0.29, 0.717) is 17.6 Å². The van der Waals surface area contributed by atoms with Gasteiger partial charge in [-0.15, -0.1) is 0 Å². The Labute approximate surface area is 188 Å². The lowest BCUT2D eigenvalue weighted by Gasteiger charge is -2.42. The van der Waals surface area contributed by atoms with Crippen molar-refractivity contribution in [2.45, 2.75) is 57.0 Å². The highest BCUT2D eigenvalue weighted by atomic mass is 32.1. The number of fused-ring (bicyclic) bond motifs is 1. The summed E-state index contributed by atoms with van der Waals surface area (Å²) in [7, 11) is 0. The monoisotopic (exact) mass is 439 g/mol. The van der Waals surface area contributed by atoms with Crippen molar-refractivity contribution >= 4 is 29.4 Å². The summed E-state index contributed by atoms with van der Waals surface area (Å²) in [4.78, 5) is 18.1. The lowest BCUT2D eigenvalue weighted by molar-refractivity contribution is 0.0612. The first-order chi connectivity index (χ1) is 14.9. The fraction of sp³-hybridized carbons (Fsp3) is 0.400. The zero-order chi connectivity index (χ0) is 22.0. The number of hydrogen-bond acceptors (Lipinski definition) is 3. The number of halogens is 1. The predicted octanol–water partition coefficient (Wildman–Crippen LogP) is 5.44. The van der Waals surface area contributed by atoms with Crippen LogP contribution in [-0.4, -0.2) is 33.2 Å². The highest BCUT2D eigenvalue weighted by molar-refractivity contribution is 7.81. The molecule has 1 amide bonds. The Kier molecular flexibility index (Phi) is 6.39. The van der Waals surface area contributed by atoms with Crippen molar-refractivity contribution in [2.24, 2.45) is 0 Å². The number of aromatic amines is 1. The maximum absolute atomic E-state index is 13.5. The molecule has 1 aromatic heterocycles. The van der Waals surface area contributed by atoms with E-state index in [9.17, 15) is 9.18 Å². The van der Waals surface area contributed by atoms with E-state index in [-0.39, 0.29) is 22.6 Å². The molecular weight excluding hydrogens is 409 g/mol. The number of thiol groups is 1.